The summed E-state index contributed by atoms with van der Waals surface area (Å²) in [6.45, 7) is -0.0995. The Hall–Kier alpha value is -3.35. The number of hydrogen-bond donors (Lipinski definition) is 1. The first kappa shape index (κ1) is 23.8. The lowest BCUT2D eigenvalue weighted by molar-refractivity contribution is -0.385. The largest absolute Gasteiger partial charge is 0.493 e. The molecule has 0 bridgehead atoms. The third-order valence-corrected chi connectivity index (χ3v) is 6.54. The molecule has 0 radical (unpaired) electrons. The van der Waals surface area contributed by atoms with Crippen LogP contribution in [0.3, 0.4) is 0 Å². The Labute approximate surface area is 207 Å². The number of carbonyl (C=O) groups is 1. The van der Waals surface area contributed by atoms with Crippen molar-refractivity contribution in [2.45, 2.75) is 6.61 Å². The van der Waals surface area contributed by atoms with Crippen LogP contribution in [0.4, 0.5) is 5.69 Å². The van der Waals surface area contributed by atoms with E-state index in [2.05, 4.69) is 9.39 Å². The molecule has 10 nitrogen and oxygen atoms in total. The van der Waals surface area contributed by atoms with Gasteiger partial charge in [-0.1, -0.05) is 35.5 Å². The van der Waals surface area contributed by atoms with Gasteiger partial charge >= 0.3 is 0 Å². The highest BCUT2D eigenvalue weighted by molar-refractivity contribution is 8.18. The maximum Gasteiger partial charge on any atom is 0.283 e. The van der Waals surface area contributed by atoms with Gasteiger partial charge in [0.2, 0.25) is 5.17 Å². The van der Waals surface area contributed by atoms with Gasteiger partial charge in [0.05, 0.1) is 40.1 Å². The van der Waals surface area contributed by atoms with Crippen LogP contribution in [0, 0.1) is 15.5 Å². The number of amides is 1. The number of fused-ring (bicyclic) bond motifs is 1. The van der Waals surface area contributed by atoms with Crippen LogP contribution in [0.2, 0.25) is 5.02 Å². The Balaban J connectivity index is 1.63. The zero-order valence-corrected chi connectivity index (χ0v) is 20.2. The van der Waals surface area contributed by atoms with Gasteiger partial charge in [-0.25, -0.2) is 4.90 Å². The first-order valence-corrected chi connectivity index (χ1v) is 12.0. The van der Waals surface area contributed by atoms with Crippen LogP contribution in [0.25, 0.3) is 6.08 Å². The van der Waals surface area contributed by atoms with Crippen molar-refractivity contribution >= 4 is 69.2 Å². The van der Waals surface area contributed by atoms with Gasteiger partial charge in [-0.3, -0.25) is 20.3 Å². The summed E-state index contributed by atoms with van der Waals surface area (Å²) >= 11 is 8.83. The zero-order valence-electron chi connectivity index (χ0n) is 17.8. The van der Waals surface area contributed by atoms with Crippen molar-refractivity contribution in [3.8, 4) is 11.5 Å². The van der Waals surface area contributed by atoms with Gasteiger partial charge in [0.25, 0.3) is 11.6 Å². The van der Waals surface area contributed by atoms with Crippen molar-refractivity contribution in [2.24, 2.45) is 9.39 Å². The van der Waals surface area contributed by atoms with Gasteiger partial charge in [0.1, 0.15) is 12.4 Å². The Bertz CT molecular complexity index is 1310. The maximum atomic E-state index is 12.6. The zero-order chi connectivity index (χ0) is 24.4. The highest BCUT2D eigenvalue weighted by Crippen LogP contribution is 2.38. The third-order valence-electron chi connectivity index (χ3n) is 4.80. The highest BCUT2D eigenvalue weighted by atomic mass is 35.5. The van der Waals surface area contributed by atoms with E-state index in [4.69, 9.17) is 26.5 Å². The molecule has 4 rings (SSSR count). The normalized spacial score (nSPS) is 16.3. The van der Waals surface area contributed by atoms with Crippen molar-refractivity contribution < 1.29 is 19.2 Å². The van der Waals surface area contributed by atoms with Crippen LogP contribution in [0.1, 0.15) is 11.1 Å². The number of nitrogens with one attached hydrogen (secondary N) is 1. The summed E-state index contributed by atoms with van der Waals surface area (Å²) in [5.41, 5.74) is 0.865. The average molecular weight is 518 g/mol. The molecular weight excluding hydrogens is 502 g/mol. The number of amidine groups is 3. The molecule has 2 heterocycles. The van der Waals surface area contributed by atoms with Gasteiger partial charge in [-0.2, -0.15) is 9.39 Å². The number of thioether (sulfide) groups is 1. The van der Waals surface area contributed by atoms with Gasteiger partial charge in [0.15, 0.2) is 16.7 Å². The van der Waals surface area contributed by atoms with E-state index >= 15 is 0 Å². The van der Waals surface area contributed by atoms with Crippen molar-refractivity contribution in [1.29, 1.82) is 5.41 Å². The molecule has 0 saturated carbocycles. The van der Waals surface area contributed by atoms with Crippen LogP contribution in [-0.4, -0.2) is 45.3 Å². The molecule has 2 aromatic carbocycles. The lowest BCUT2D eigenvalue weighted by Crippen LogP contribution is -2.41. The van der Waals surface area contributed by atoms with E-state index < -0.39 is 10.8 Å². The lowest BCUT2D eigenvalue weighted by Gasteiger charge is -2.24. The summed E-state index contributed by atoms with van der Waals surface area (Å²) in [6.07, 6.45) is 3.31. The maximum absolute atomic E-state index is 12.6. The van der Waals surface area contributed by atoms with E-state index in [0.29, 0.717) is 21.5 Å². The molecule has 0 atom stereocenters. The van der Waals surface area contributed by atoms with Crippen LogP contribution in [0.15, 0.2) is 51.4 Å². The fraction of sp³-hybridized carbons (Fsp3) is 0.143. The van der Waals surface area contributed by atoms with Crippen molar-refractivity contribution in [3.63, 3.8) is 0 Å². The summed E-state index contributed by atoms with van der Waals surface area (Å²) in [5, 5.41) is 20.8. The summed E-state index contributed by atoms with van der Waals surface area (Å²) in [7, 11) is 1.42. The van der Waals surface area contributed by atoms with Crippen LogP contribution < -0.4 is 9.47 Å². The molecule has 0 aromatic heterocycles. The van der Waals surface area contributed by atoms with Gasteiger partial charge in [-0.05, 0) is 36.1 Å². The van der Waals surface area contributed by atoms with E-state index in [9.17, 15) is 14.9 Å². The fourth-order valence-corrected chi connectivity index (χ4v) is 4.95. The van der Waals surface area contributed by atoms with E-state index in [1.807, 2.05) is 6.26 Å². The Morgan fingerprint density at radius 2 is 2.12 bits per heavy atom. The second-order valence-corrected chi connectivity index (χ2v) is 8.73. The first-order chi connectivity index (χ1) is 16.3. The van der Waals surface area contributed by atoms with E-state index in [-0.39, 0.29) is 40.2 Å². The number of benzene rings is 2. The third kappa shape index (κ3) is 4.52. The van der Waals surface area contributed by atoms with Crippen molar-refractivity contribution in [2.75, 3.05) is 13.4 Å². The summed E-state index contributed by atoms with van der Waals surface area (Å²) < 4.78 is 15.4. The summed E-state index contributed by atoms with van der Waals surface area (Å²) in [5.74, 6) is -0.143. The molecule has 2 aliphatic rings. The number of nitro groups is 1. The summed E-state index contributed by atoms with van der Waals surface area (Å²) in [6, 6.07) is 9.38. The molecule has 2 aromatic rings. The molecule has 174 valence electrons. The number of nitro benzene ring substituents is 1. The highest BCUT2D eigenvalue weighted by Gasteiger charge is 2.37. The molecule has 13 heteroatoms. The number of nitrogens with zero attached hydrogens (tertiary/aromatic N) is 4. The van der Waals surface area contributed by atoms with Crippen molar-refractivity contribution in [1.82, 2.24) is 4.90 Å². The van der Waals surface area contributed by atoms with E-state index in [1.54, 1.807) is 30.3 Å². The first-order valence-electron chi connectivity index (χ1n) is 9.59. The molecule has 34 heavy (non-hydrogen) atoms. The van der Waals surface area contributed by atoms with Crippen LogP contribution in [0.5, 0.6) is 11.5 Å². The van der Waals surface area contributed by atoms with E-state index in [1.165, 1.54) is 35.9 Å². The molecule has 0 unspecified atom stereocenters. The van der Waals surface area contributed by atoms with Crippen molar-refractivity contribution in [3.05, 3.63) is 68.2 Å². The summed E-state index contributed by atoms with van der Waals surface area (Å²) in [4.78, 5) is 28.9. The van der Waals surface area contributed by atoms with Gasteiger partial charge in [0, 0.05) is 6.07 Å². The number of aliphatic imine (C=N–C) groups is 1. The minimum Gasteiger partial charge on any atom is -0.493 e. The minimum atomic E-state index is -0.562. The molecule has 1 amide bonds. The lowest BCUT2D eigenvalue weighted by atomic mass is 10.1. The molecule has 2 aliphatic heterocycles. The Morgan fingerprint density at radius 3 is 2.82 bits per heavy atom. The molecule has 0 aliphatic carbocycles. The monoisotopic (exact) mass is 517 g/mol. The SMILES string of the molecule is COc1cc(/C=C2/C(=N)N3C(SC)=NSC3=NC2=O)cc(Cl)c1OCc1ccccc1[N+](=O)[O-]. The minimum absolute atomic E-state index is 0.0418. The Morgan fingerprint density at radius 1 is 1.35 bits per heavy atom. The fourth-order valence-electron chi connectivity index (χ4n) is 3.22. The number of methoxy groups -OCH3 is 1. The number of halogens is 1. The second-order valence-electron chi connectivity index (χ2n) is 6.82. The molecular formula is C21H16ClN5O5S2. The standard InChI is InChI=1S/C21H16ClN5O5S2/c1-31-16-9-11(7-13-18(23)26-20(24-19(13)28)34-25-21(26)33-2)8-14(22)17(16)32-10-12-5-3-4-6-15(12)27(29)30/h3-9,23H,10H2,1-2H3/b13-7-,23-18?. The van der Waals surface area contributed by atoms with Crippen LogP contribution >= 0.6 is 35.3 Å². The smallest absolute Gasteiger partial charge is 0.283 e. The molecule has 0 spiro atoms. The number of rotatable bonds is 6. The Kier molecular flexibility index (Phi) is 6.91. The average Bonchev–Trinajstić information content (AvgIpc) is 3.23. The topological polar surface area (TPSA) is 130 Å². The van der Waals surface area contributed by atoms with Gasteiger partial charge < -0.3 is 9.47 Å². The number of hydrogen-bond acceptors (Lipinski definition) is 9. The van der Waals surface area contributed by atoms with Gasteiger partial charge in [-0.15, -0.1) is 0 Å². The second kappa shape index (κ2) is 9.87. The predicted octanol–water partition coefficient (Wildman–Crippen LogP) is 4.78. The molecule has 0 fully saturated rings. The molecule has 0 saturated heterocycles. The number of carbonyl (C=O) groups excluding carboxylic acids is 1. The number of ether oxygens (including phenoxy) is 2. The van der Waals surface area contributed by atoms with E-state index in [0.717, 1.165) is 11.9 Å². The predicted molar refractivity (Wildman–Crippen MR) is 134 cm³/mol. The quantitative estimate of drug-likeness (QED) is 0.251. The number of para-hydroxylation sites is 1. The van der Waals surface area contributed by atoms with Crippen LogP contribution in [-0.2, 0) is 11.4 Å². The molecule has 1 N–H and O–H groups in total.